The summed E-state index contributed by atoms with van der Waals surface area (Å²) in [7, 11) is 0. The molecule has 0 radical (unpaired) electrons. The fraction of sp³-hybridized carbons (Fsp3) is 0.300. The number of amides is 2. The number of imidazole rings is 1. The van der Waals surface area contributed by atoms with Crippen LogP contribution in [0.4, 0.5) is 5.95 Å². The Morgan fingerprint density at radius 1 is 1.21 bits per heavy atom. The van der Waals surface area contributed by atoms with E-state index in [1.165, 1.54) is 0 Å². The van der Waals surface area contributed by atoms with Gasteiger partial charge in [-0.2, -0.15) is 5.10 Å². The molecule has 0 spiro atoms. The van der Waals surface area contributed by atoms with E-state index in [0.29, 0.717) is 42.4 Å². The van der Waals surface area contributed by atoms with Crippen molar-refractivity contribution in [2.45, 2.75) is 33.9 Å². The molecule has 0 aliphatic heterocycles. The molecule has 0 saturated carbocycles. The van der Waals surface area contributed by atoms with E-state index in [1.54, 1.807) is 22.9 Å². The van der Waals surface area contributed by atoms with Gasteiger partial charge in [0.15, 0.2) is 0 Å². The first kappa shape index (κ1) is 20.3. The molecular weight excluding hydrogens is 370 g/mol. The lowest BCUT2D eigenvalue weighted by Gasteiger charge is -2.10. The summed E-state index contributed by atoms with van der Waals surface area (Å²) in [4.78, 5) is 29.1. The summed E-state index contributed by atoms with van der Waals surface area (Å²) in [6.45, 7) is 7.09. The third kappa shape index (κ3) is 4.04. The molecule has 2 aromatic heterocycles. The predicted octanol–water partition coefficient (Wildman–Crippen LogP) is 1.74. The van der Waals surface area contributed by atoms with Crippen LogP contribution in [0.5, 0.6) is 0 Å². The Morgan fingerprint density at radius 3 is 2.62 bits per heavy atom. The number of nitrogens with two attached hydrogens (primary N) is 2. The molecule has 9 nitrogen and oxygen atoms in total. The maximum Gasteiger partial charge on any atom is 0.276 e. The number of carbonyl (C=O) groups excluding carboxylic acids is 2. The molecule has 9 heteroatoms. The van der Waals surface area contributed by atoms with Crippen LogP contribution in [0.15, 0.2) is 30.4 Å². The van der Waals surface area contributed by atoms with Gasteiger partial charge in [0.25, 0.3) is 5.91 Å². The molecule has 1 aromatic carbocycles. The Labute approximate surface area is 168 Å². The molecule has 0 atom stereocenters. The highest BCUT2D eigenvalue weighted by Crippen LogP contribution is 2.25. The van der Waals surface area contributed by atoms with Crippen LogP contribution in [0.2, 0.25) is 0 Å². The fourth-order valence-electron chi connectivity index (χ4n) is 3.30. The van der Waals surface area contributed by atoms with E-state index in [4.69, 9.17) is 11.5 Å². The fourth-order valence-corrected chi connectivity index (χ4v) is 3.30. The molecule has 0 bridgehead atoms. The van der Waals surface area contributed by atoms with Gasteiger partial charge >= 0.3 is 0 Å². The van der Waals surface area contributed by atoms with E-state index in [0.717, 1.165) is 16.8 Å². The lowest BCUT2D eigenvalue weighted by Crippen LogP contribution is -2.20. The van der Waals surface area contributed by atoms with E-state index < -0.39 is 5.91 Å². The van der Waals surface area contributed by atoms with Crippen LogP contribution in [0, 0.1) is 13.8 Å². The molecule has 0 saturated heterocycles. The van der Waals surface area contributed by atoms with Crippen molar-refractivity contribution in [2.75, 3.05) is 11.9 Å². The topological polar surface area (TPSA) is 134 Å². The molecule has 0 aliphatic carbocycles. The number of nitrogens with zero attached hydrogens (tertiary/aromatic N) is 4. The van der Waals surface area contributed by atoms with Crippen molar-refractivity contribution in [1.82, 2.24) is 19.3 Å². The molecule has 5 N–H and O–H groups in total. The van der Waals surface area contributed by atoms with Crippen LogP contribution < -0.4 is 16.8 Å². The second-order valence-corrected chi connectivity index (χ2v) is 6.72. The number of aromatic nitrogens is 4. The van der Waals surface area contributed by atoms with Gasteiger partial charge in [-0.05, 0) is 44.5 Å². The number of hydrogen-bond acceptors (Lipinski definition) is 5. The van der Waals surface area contributed by atoms with Crippen molar-refractivity contribution in [2.24, 2.45) is 11.5 Å². The number of carbonyl (C=O) groups is 2. The van der Waals surface area contributed by atoms with E-state index in [-0.39, 0.29) is 5.91 Å². The first-order chi connectivity index (χ1) is 13.8. The molecule has 2 amide bonds. The Kier molecular flexibility index (Phi) is 5.79. The number of fused-ring (bicyclic) bond motifs is 1. The molecule has 2 heterocycles. The zero-order valence-corrected chi connectivity index (χ0v) is 16.8. The van der Waals surface area contributed by atoms with Gasteiger partial charge < -0.3 is 16.0 Å². The van der Waals surface area contributed by atoms with E-state index in [1.807, 2.05) is 37.5 Å². The number of nitrogens with one attached hydrogen (secondary N) is 1. The summed E-state index contributed by atoms with van der Waals surface area (Å²) in [5.41, 5.74) is 14.8. The Bertz CT molecular complexity index is 1110. The standard InChI is InChI=1S/C20H25N7O2/c1-4-27-16(10-13(3)25-27)19(29)24-20-23-15-11-14(18(22)28)9-12(2)17(15)26(20)8-6-5-7-21/h5-6,9-11H,4,7-8,21H2,1-3H3,(H2,22,28)(H,23,24,29)/b6-5+. The number of benzene rings is 1. The zero-order chi connectivity index (χ0) is 21.1. The average Bonchev–Trinajstić information content (AvgIpc) is 3.22. The Morgan fingerprint density at radius 2 is 1.97 bits per heavy atom. The maximum absolute atomic E-state index is 12.9. The third-order valence-corrected chi connectivity index (χ3v) is 4.57. The third-order valence-electron chi connectivity index (χ3n) is 4.57. The van der Waals surface area contributed by atoms with Gasteiger partial charge in [0.05, 0.1) is 16.7 Å². The highest BCUT2D eigenvalue weighted by atomic mass is 16.2. The van der Waals surface area contributed by atoms with Crippen molar-refractivity contribution in [1.29, 1.82) is 0 Å². The van der Waals surface area contributed by atoms with Crippen LogP contribution in [0.1, 0.15) is 39.0 Å². The van der Waals surface area contributed by atoms with Gasteiger partial charge in [-0.3, -0.25) is 19.6 Å². The van der Waals surface area contributed by atoms with Gasteiger partial charge in [0.2, 0.25) is 11.9 Å². The number of primary amides is 1. The quantitative estimate of drug-likeness (QED) is 0.524. The minimum Gasteiger partial charge on any atom is -0.366 e. The lowest BCUT2D eigenvalue weighted by atomic mass is 10.1. The molecule has 0 unspecified atom stereocenters. The molecule has 3 rings (SSSR count). The first-order valence-electron chi connectivity index (χ1n) is 9.37. The van der Waals surface area contributed by atoms with E-state index >= 15 is 0 Å². The van der Waals surface area contributed by atoms with Gasteiger partial charge in [-0.1, -0.05) is 12.2 Å². The van der Waals surface area contributed by atoms with Gasteiger partial charge in [-0.25, -0.2) is 4.98 Å². The average molecular weight is 395 g/mol. The van der Waals surface area contributed by atoms with Crippen molar-refractivity contribution in [3.8, 4) is 0 Å². The summed E-state index contributed by atoms with van der Waals surface area (Å²) < 4.78 is 3.52. The summed E-state index contributed by atoms with van der Waals surface area (Å²) in [5.74, 6) is -0.460. The number of rotatable bonds is 7. The Balaban J connectivity index is 2.08. The zero-order valence-electron chi connectivity index (χ0n) is 16.8. The summed E-state index contributed by atoms with van der Waals surface area (Å²) in [6, 6.07) is 5.08. The van der Waals surface area contributed by atoms with Crippen LogP contribution >= 0.6 is 0 Å². The summed E-state index contributed by atoms with van der Waals surface area (Å²) in [5, 5.41) is 7.19. The molecule has 0 aliphatic rings. The van der Waals surface area contributed by atoms with Crippen LogP contribution in [0.25, 0.3) is 11.0 Å². The minimum atomic E-state index is -0.527. The first-order valence-corrected chi connectivity index (χ1v) is 9.37. The lowest BCUT2D eigenvalue weighted by molar-refractivity contribution is 0.0996. The van der Waals surface area contributed by atoms with Crippen LogP contribution in [-0.4, -0.2) is 37.7 Å². The summed E-state index contributed by atoms with van der Waals surface area (Å²) in [6.07, 6.45) is 3.73. The number of anilines is 1. The van der Waals surface area contributed by atoms with Gasteiger partial charge in [-0.15, -0.1) is 0 Å². The van der Waals surface area contributed by atoms with Crippen molar-refractivity contribution >= 4 is 28.8 Å². The SMILES string of the molecule is CCn1nc(C)cc1C(=O)Nc1nc2cc(C(N)=O)cc(C)c2n1C/C=C/CN. The second kappa shape index (κ2) is 8.27. The number of allylic oxidation sites excluding steroid dienone is 1. The summed E-state index contributed by atoms with van der Waals surface area (Å²) >= 11 is 0. The maximum atomic E-state index is 12.9. The molecule has 0 fully saturated rings. The largest absolute Gasteiger partial charge is 0.366 e. The van der Waals surface area contributed by atoms with Crippen LogP contribution in [-0.2, 0) is 13.1 Å². The van der Waals surface area contributed by atoms with Crippen molar-refractivity contribution in [3.63, 3.8) is 0 Å². The molecule has 3 aromatic rings. The Hall–Kier alpha value is -3.46. The van der Waals surface area contributed by atoms with Crippen LogP contribution in [0.3, 0.4) is 0 Å². The smallest absolute Gasteiger partial charge is 0.276 e. The number of aryl methyl sites for hydroxylation is 3. The van der Waals surface area contributed by atoms with Crippen molar-refractivity contribution < 1.29 is 9.59 Å². The second-order valence-electron chi connectivity index (χ2n) is 6.72. The van der Waals surface area contributed by atoms with Gasteiger partial charge in [0, 0.05) is 25.2 Å². The van der Waals surface area contributed by atoms with Crippen molar-refractivity contribution in [3.05, 3.63) is 52.9 Å². The highest BCUT2D eigenvalue weighted by Gasteiger charge is 2.19. The van der Waals surface area contributed by atoms with E-state index in [2.05, 4.69) is 15.4 Å². The predicted molar refractivity (Wildman–Crippen MR) is 112 cm³/mol. The molecule has 152 valence electrons. The monoisotopic (exact) mass is 395 g/mol. The normalized spacial score (nSPS) is 11.4. The highest BCUT2D eigenvalue weighted by molar-refractivity contribution is 6.03. The minimum absolute atomic E-state index is 0.306. The van der Waals surface area contributed by atoms with Gasteiger partial charge in [0.1, 0.15) is 5.69 Å². The molecule has 29 heavy (non-hydrogen) atoms. The molecular formula is C20H25N7O2. The number of hydrogen-bond donors (Lipinski definition) is 3. The van der Waals surface area contributed by atoms with E-state index in [9.17, 15) is 9.59 Å².